The molecule has 1 nitrogen and oxygen atoms in total. The van der Waals surface area contributed by atoms with Crippen LogP contribution in [-0.2, 0) is 0 Å². The molecule has 0 N–H and O–H groups in total. The molecule has 86 valence electrons. The summed E-state index contributed by atoms with van der Waals surface area (Å²) < 4.78 is 6.73. The minimum atomic E-state index is 0.673. The Balaban J connectivity index is 2.10. The van der Waals surface area contributed by atoms with Crippen LogP contribution in [0.2, 0.25) is 0 Å². The third-order valence-electron chi connectivity index (χ3n) is 2.51. The fourth-order valence-electron chi connectivity index (χ4n) is 1.65. The molecule has 0 bridgehead atoms. The highest BCUT2D eigenvalue weighted by atomic mass is 79.9. The largest absolute Gasteiger partial charge is 0.494 e. The summed E-state index contributed by atoms with van der Waals surface area (Å²) in [6.07, 6.45) is 6.85. The summed E-state index contributed by atoms with van der Waals surface area (Å²) in [5, 5.41) is 2.39. The van der Waals surface area contributed by atoms with Crippen molar-refractivity contribution >= 4 is 26.7 Å². The summed E-state index contributed by atoms with van der Waals surface area (Å²) in [6, 6.07) is 12.3. The van der Waals surface area contributed by atoms with Gasteiger partial charge in [-0.05, 0) is 41.5 Å². The van der Waals surface area contributed by atoms with Crippen molar-refractivity contribution in [1.82, 2.24) is 0 Å². The van der Waals surface area contributed by atoms with Crippen molar-refractivity contribution in [3.8, 4) is 18.1 Å². The fraction of sp³-hybridized carbons (Fsp3) is 0.200. The lowest BCUT2D eigenvalue weighted by atomic mass is 10.1. The minimum Gasteiger partial charge on any atom is -0.494 e. The van der Waals surface area contributed by atoms with Crippen molar-refractivity contribution < 1.29 is 4.74 Å². The van der Waals surface area contributed by atoms with E-state index in [0.717, 1.165) is 23.1 Å². The van der Waals surface area contributed by atoms with Crippen LogP contribution in [0.5, 0.6) is 5.75 Å². The molecule has 0 aliphatic carbocycles. The van der Waals surface area contributed by atoms with Gasteiger partial charge in [0, 0.05) is 10.9 Å². The standard InChI is InChI=1S/C15H13BrO/c1-2-3-4-9-17-15-8-6-12-10-14(16)7-5-13(12)11-15/h1,5-8,10-11H,3-4,9H2. The lowest BCUT2D eigenvalue weighted by Gasteiger charge is -2.06. The number of benzene rings is 2. The molecule has 0 aromatic heterocycles. The molecule has 0 fully saturated rings. The van der Waals surface area contributed by atoms with E-state index >= 15 is 0 Å². The summed E-state index contributed by atoms with van der Waals surface area (Å²) in [7, 11) is 0. The van der Waals surface area contributed by atoms with Crippen LogP contribution in [0.25, 0.3) is 10.8 Å². The molecule has 0 amide bonds. The SMILES string of the molecule is C#CCCCOc1ccc2cc(Br)ccc2c1. The van der Waals surface area contributed by atoms with Gasteiger partial charge in [-0.15, -0.1) is 12.3 Å². The minimum absolute atomic E-state index is 0.673. The van der Waals surface area contributed by atoms with Gasteiger partial charge in [-0.25, -0.2) is 0 Å². The summed E-state index contributed by atoms with van der Waals surface area (Å²) in [6.45, 7) is 0.673. The van der Waals surface area contributed by atoms with Crippen LogP contribution in [-0.4, -0.2) is 6.61 Å². The lowest BCUT2D eigenvalue weighted by molar-refractivity contribution is 0.313. The Morgan fingerprint density at radius 3 is 2.71 bits per heavy atom. The Bertz CT molecular complexity index is 554. The van der Waals surface area contributed by atoms with Crippen LogP contribution in [0.1, 0.15) is 12.8 Å². The second kappa shape index (κ2) is 5.75. The predicted octanol–water partition coefficient (Wildman–Crippen LogP) is 4.39. The summed E-state index contributed by atoms with van der Waals surface area (Å²) in [5.41, 5.74) is 0. The smallest absolute Gasteiger partial charge is 0.119 e. The van der Waals surface area contributed by atoms with E-state index < -0.39 is 0 Å². The Labute approximate surface area is 110 Å². The van der Waals surface area contributed by atoms with E-state index in [1.54, 1.807) is 0 Å². The number of hydrogen-bond acceptors (Lipinski definition) is 1. The van der Waals surface area contributed by atoms with Gasteiger partial charge in [0.2, 0.25) is 0 Å². The third kappa shape index (κ3) is 3.25. The molecule has 0 atom stereocenters. The number of ether oxygens (including phenoxy) is 1. The number of hydrogen-bond donors (Lipinski definition) is 0. The van der Waals surface area contributed by atoms with E-state index in [1.807, 2.05) is 12.1 Å². The van der Waals surface area contributed by atoms with Gasteiger partial charge in [-0.3, -0.25) is 0 Å². The average molecular weight is 289 g/mol. The first-order chi connectivity index (χ1) is 8.29. The predicted molar refractivity (Wildman–Crippen MR) is 75.2 cm³/mol. The number of rotatable bonds is 4. The highest BCUT2D eigenvalue weighted by Gasteiger charge is 1.98. The molecule has 17 heavy (non-hydrogen) atoms. The summed E-state index contributed by atoms with van der Waals surface area (Å²) >= 11 is 3.46. The van der Waals surface area contributed by atoms with Gasteiger partial charge in [0.05, 0.1) is 6.61 Å². The molecule has 0 unspecified atom stereocenters. The number of unbranched alkanes of at least 4 members (excludes halogenated alkanes) is 1. The Hall–Kier alpha value is -1.46. The third-order valence-corrected chi connectivity index (χ3v) is 3.00. The van der Waals surface area contributed by atoms with Gasteiger partial charge in [0.15, 0.2) is 0 Å². The van der Waals surface area contributed by atoms with Crippen molar-refractivity contribution in [2.45, 2.75) is 12.8 Å². The Morgan fingerprint density at radius 2 is 1.88 bits per heavy atom. The van der Waals surface area contributed by atoms with E-state index in [-0.39, 0.29) is 0 Å². The monoisotopic (exact) mass is 288 g/mol. The Morgan fingerprint density at radius 1 is 1.12 bits per heavy atom. The van der Waals surface area contributed by atoms with E-state index in [9.17, 15) is 0 Å². The molecule has 0 aliphatic rings. The number of terminal acetylenes is 1. The zero-order valence-electron chi connectivity index (χ0n) is 9.45. The molecular formula is C15H13BrO. The number of fused-ring (bicyclic) bond motifs is 1. The van der Waals surface area contributed by atoms with Crippen LogP contribution in [0.3, 0.4) is 0 Å². The quantitative estimate of drug-likeness (QED) is 0.599. The van der Waals surface area contributed by atoms with Crippen LogP contribution in [0.15, 0.2) is 40.9 Å². The first kappa shape index (κ1) is 12.0. The van der Waals surface area contributed by atoms with Gasteiger partial charge in [0.25, 0.3) is 0 Å². The molecule has 2 heteroatoms. The van der Waals surface area contributed by atoms with E-state index in [2.05, 4.69) is 46.1 Å². The lowest BCUT2D eigenvalue weighted by Crippen LogP contribution is -1.96. The molecule has 0 radical (unpaired) electrons. The summed E-state index contributed by atoms with van der Waals surface area (Å²) in [4.78, 5) is 0. The first-order valence-electron chi connectivity index (χ1n) is 5.55. The normalized spacial score (nSPS) is 10.1. The maximum atomic E-state index is 5.64. The van der Waals surface area contributed by atoms with Gasteiger partial charge in [0.1, 0.15) is 5.75 Å². The Kier molecular flexibility index (Phi) is 4.06. The second-order valence-electron chi connectivity index (χ2n) is 3.81. The van der Waals surface area contributed by atoms with E-state index in [0.29, 0.717) is 6.61 Å². The number of halogens is 1. The molecule has 2 rings (SSSR count). The molecule has 2 aromatic rings. The first-order valence-corrected chi connectivity index (χ1v) is 6.34. The van der Waals surface area contributed by atoms with Crippen LogP contribution in [0, 0.1) is 12.3 Å². The highest BCUT2D eigenvalue weighted by Crippen LogP contribution is 2.24. The average Bonchev–Trinajstić information content (AvgIpc) is 2.35. The molecule has 2 aromatic carbocycles. The van der Waals surface area contributed by atoms with Gasteiger partial charge >= 0.3 is 0 Å². The van der Waals surface area contributed by atoms with Crippen molar-refractivity contribution in [2.24, 2.45) is 0 Å². The van der Waals surface area contributed by atoms with Crippen LogP contribution < -0.4 is 4.74 Å². The van der Waals surface area contributed by atoms with Crippen LogP contribution >= 0.6 is 15.9 Å². The van der Waals surface area contributed by atoms with Gasteiger partial charge in [-0.2, -0.15) is 0 Å². The highest BCUT2D eigenvalue weighted by molar-refractivity contribution is 9.10. The van der Waals surface area contributed by atoms with Crippen molar-refractivity contribution in [2.75, 3.05) is 6.61 Å². The molecule has 0 aliphatic heterocycles. The van der Waals surface area contributed by atoms with Crippen molar-refractivity contribution in [1.29, 1.82) is 0 Å². The molecule has 0 spiro atoms. The molecular weight excluding hydrogens is 276 g/mol. The van der Waals surface area contributed by atoms with Crippen molar-refractivity contribution in [3.63, 3.8) is 0 Å². The van der Waals surface area contributed by atoms with E-state index in [4.69, 9.17) is 11.2 Å². The second-order valence-corrected chi connectivity index (χ2v) is 4.73. The maximum Gasteiger partial charge on any atom is 0.119 e. The summed E-state index contributed by atoms with van der Waals surface area (Å²) in [5.74, 6) is 3.50. The zero-order chi connectivity index (χ0) is 12.1. The van der Waals surface area contributed by atoms with Crippen LogP contribution in [0.4, 0.5) is 0 Å². The van der Waals surface area contributed by atoms with Gasteiger partial charge < -0.3 is 4.74 Å². The fourth-order valence-corrected chi connectivity index (χ4v) is 2.03. The topological polar surface area (TPSA) is 9.23 Å². The maximum absolute atomic E-state index is 5.64. The molecule has 0 heterocycles. The zero-order valence-corrected chi connectivity index (χ0v) is 11.0. The molecule has 0 saturated heterocycles. The molecule has 0 saturated carbocycles. The van der Waals surface area contributed by atoms with Gasteiger partial charge in [-0.1, -0.05) is 28.1 Å². The van der Waals surface area contributed by atoms with E-state index in [1.165, 1.54) is 10.8 Å². The van der Waals surface area contributed by atoms with Crippen molar-refractivity contribution in [3.05, 3.63) is 40.9 Å².